The van der Waals surface area contributed by atoms with Gasteiger partial charge in [-0.25, -0.2) is 0 Å². The van der Waals surface area contributed by atoms with E-state index in [1.807, 2.05) is 0 Å². The SMILES string of the molecule is CC1(C)c2cc(-c3ccccc3)ccc2-c2cc(-c3ccccc3)c(N(c3ccc(C4CC5CCC4C5)cc3)c3ccc([Si](c4ccccc4)(c4ccccc4)c4ccccc4)cc3)cc21. The van der Waals surface area contributed by atoms with Crippen LogP contribution in [0.4, 0.5) is 17.1 Å². The van der Waals surface area contributed by atoms with Crippen LogP contribution in [0.25, 0.3) is 33.4 Å². The maximum absolute atomic E-state index is 2.73. The predicted molar refractivity (Wildman–Crippen MR) is 281 cm³/mol. The fourth-order valence-corrected chi connectivity index (χ4v) is 17.2. The molecule has 3 aliphatic carbocycles. The summed E-state index contributed by atoms with van der Waals surface area (Å²) in [5.41, 5.74) is 15.2. The summed E-state index contributed by atoms with van der Waals surface area (Å²) in [6.07, 6.45) is 5.55. The topological polar surface area (TPSA) is 3.24 Å². The summed E-state index contributed by atoms with van der Waals surface area (Å²) >= 11 is 0. The van der Waals surface area contributed by atoms with Crippen molar-refractivity contribution >= 4 is 45.9 Å². The highest BCUT2D eigenvalue weighted by molar-refractivity contribution is 7.19. The number of fused-ring (bicyclic) bond motifs is 5. The molecule has 2 bridgehead atoms. The van der Waals surface area contributed by atoms with Crippen LogP contribution in [-0.2, 0) is 5.41 Å². The van der Waals surface area contributed by atoms with E-state index in [2.05, 4.69) is 249 Å². The van der Waals surface area contributed by atoms with Gasteiger partial charge in [0.25, 0.3) is 0 Å². The maximum Gasteiger partial charge on any atom is 0.179 e. The third-order valence-electron chi connectivity index (χ3n) is 15.7. The van der Waals surface area contributed by atoms with Gasteiger partial charge in [-0.15, -0.1) is 0 Å². The number of rotatable bonds is 10. The summed E-state index contributed by atoms with van der Waals surface area (Å²) in [5.74, 6) is 2.42. The van der Waals surface area contributed by atoms with Crippen molar-refractivity contribution in [3.8, 4) is 33.4 Å². The van der Waals surface area contributed by atoms with Crippen LogP contribution in [-0.4, -0.2) is 8.07 Å². The normalized spacial score (nSPS) is 17.9. The zero-order chi connectivity index (χ0) is 44.2. The Bertz CT molecular complexity index is 3050. The Kier molecular flexibility index (Phi) is 10.1. The summed E-state index contributed by atoms with van der Waals surface area (Å²) in [5, 5.41) is 5.51. The lowest BCUT2D eigenvalue weighted by Gasteiger charge is -2.35. The average Bonchev–Trinajstić information content (AvgIpc) is 4.09. The zero-order valence-corrected chi connectivity index (χ0v) is 38.9. The quantitative estimate of drug-likeness (QED) is 0.0978. The van der Waals surface area contributed by atoms with Gasteiger partial charge in [0.1, 0.15) is 0 Å². The number of hydrogen-bond donors (Lipinski definition) is 0. The molecule has 12 rings (SSSR count). The summed E-state index contributed by atoms with van der Waals surface area (Å²) in [6.45, 7) is 4.84. The van der Waals surface area contributed by atoms with Crippen molar-refractivity contribution in [2.45, 2.75) is 50.9 Å². The van der Waals surface area contributed by atoms with Crippen molar-refractivity contribution < 1.29 is 0 Å². The Hall–Kier alpha value is -7.00. The average molecular weight is 866 g/mol. The first kappa shape index (κ1) is 40.5. The number of nitrogens with zero attached hydrogens (tertiary/aromatic N) is 1. The molecule has 0 aromatic heterocycles. The first-order valence-electron chi connectivity index (χ1n) is 24.1. The van der Waals surface area contributed by atoms with Gasteiger partial charge in [0.05, 0.1) is 5.69 Å². The fourth-order valence-electron chi connectivity index (χ4n) is 12.5. The highest BCUT2D eigenvalue weighted by Gasteiger charge is 2.43. The number of benzene rings is 9. The van der Waals surface area contributed by atoms with E-state index in [0.29, 0.717) is 5.92 Å². The van der Waals surface area contributed by atoms with Gasteiger partial charge in [0.15, 0.2) is 8.07 Å². The van der Waals surface area contributed by atoms with Crippen LogP contribution < -0.4 is 25.6 Å². The maximum atomic E-state index is 2.56. The van der Waals surface area contributed by atoms with Gasteiger partial charge in [0, 0.05) is 22.4 Å². The van der Waals surface area contributed by atoms with E-state index >= 15 is 0 Å². The van der Waals surface area contributed by atoms with E-state index in [1.165, 1.54) is 108 Å². The molecule has 1 nitrogen and oxygen atoms in total. The Morgan fingerprint density at radius 3 is 1.44 bits per heavy atom. The van der Waals surface area contributed by atoms with Crippen molar-refractivity contribution in [2.24, 2.45) is 11.8 Å². The van der Waals surface area contributed by atoms with Crippen molar-refractivity contribution in [1.82, 2.24) is 0 Å². The summed E-state index contributed by atoms with van der Waals surface area (Å²) in [6, 6.07) is 87.3. The van der Waals surface area contributed by atoms with E-state index in [1.54, 1.807) is 0 Å². The molecular weight excluding hydrogens is 811 g/mol. The Morgan fingerprint density at radius 2 is 0.909 bits per heavy atom. The second-order valence-electron chi connectivity index (χ2n) is 19.6. The lowest BCUT2D eigenvalue weighted by molar-refractivity contribution is 0.420. The number of anilines is 3. The Morgan fingerprint density at radius 1 is 0.409 bits per heavy atom. The molecule has 320 valence electrons. The Balaban J connectivity index is 1.06. The third-order valence-corrected chi connectivity index (χ3v) is 20.5. The number of hydrogen-bond acceptors (Lipinski definition) is 1. The van der Waals surface area contributed by atoms with Crippen molar-refractivity contribution in [3.05, 3.63) is 247 Å². The standard InChI is InChI=1S/C64H55NSi/c1-64(2)61-42-49(46-18-8-3-9-19-46)32-39-57(61)60-43-59(47-20-10-4-11-21-47)63(44-62(60)64)65(51-33-30-48(31-34-51)58-41-45-28-29-50(58)40-45)52-35-37-56(38-36-52)66(53-22-12-5-13-23-53,54-24-14-6-15-25-54)55-26-16-7-17-27-55/h3-27,30-39,42-45,50,58H,28-29,40-41H2,1-2H3. The highest BCUT2D eigenvalue weighted by Crippen LogP contribution is 2.55. The largest absolute Gasteiger partial charge is 0.310 e. The molecule has 2 heteroatoms. The van der Waals surface area contributed by atoms with Gasteiger partial charge in [0.2, 0.25) is 0 Å². The monoisotopic (exact) mass is 865 g/mol. The second kappa shape index (κ2) is 16.5. The minimum absolute atomic E-state index is 0.215. The molecule has 3 unspecified atom stereocenters. The molecule has 0 heterocycles. The molecule has 3 atom stereocenters. The summed E-state index contributed by atoms with van der Waals surface area (Å²) in [4.78, 5) is 2.56. The van der Waals surface area contributed by atoms with Crippen LogP contribution >= 0.6 is 0 Å². The molecule has 9 aromatic carbocycles. The molecule has 0 saturated heterocycles. The van der Waals surface area contributed by atoms with E-state index in [4.69, 9.17) is 0 Å². The zero-order valence-electron chi connectivity index (χ0n) is 37.9. The molecule has 0 amide bonds. The molecule has 66 heavy (non-hydrogen) atoms. The van der Waals surface area contributed by atoms with Crippen LogP contribution in [0.5, 0.6) is 0 Å². The molecule has 3 aliphatic rings. The van der Waals surface area contributed by atoms with Gasteiger partial charge in [-0.2, -0.15) is 0 Å². The first-order valence-corrected chi connectivity index (χ1v) is 26.1. The lowest BCUT2D eigenvalue weighted by atomic mass is 9.81. The van der Waals surface area contributed by atoms with E-state index in [0.717, 1.165) is 17.5 Å². The van der Waals surface area contributed by atoms with Crippen LogP contribution in [0.3, 0.4) is 0 Å². The van der Waals surface area contributed by atoms with E-state index < -0.39 is 8.07 Å². The smallest absolute Gasteiger partial charge is 0.179 e. The molecule has 0 spiro atoms. The minimum atomic E-state index is -2.73. The highest BCUT2D eigenvalue weighted by atomic mass is 28.3. The van der Waals surface area contributed by atoms with Crippen LogP contribution in [0.2, 0.25) is 0 Å². The van der Waals surface area contributed by atoms with Gasteiger partial charge >= 0.3 is 0 Å². The van der Waals surface area contributed by atoms with Crippen molar-refractivity contribution in [3.63, 3.8) is 0 Å². The fraction of sp³-hybridized carbons (Fsp3) is 0.156. The van der Waals surface area contributed by atoms with Crippen LogP contribution in [0.15, 0.2) is 231 Å². The predicted octanol–water partition coefficient (Wildman–Crippen LogP) is 14.1. The molecule has 2 fully saturated rings. The second-order valence-corrected chi connectivity index (χ2v) is 23.4. The summed E-state index contributed by atoms with van der Waals surface area (Å²) < 4.78 is 0. The molecule has 0 radical (unpaired) electrons. The third kappa shape index (κ3) is 6.73. The van der Waals surface area contributed by atoms with Gasteiger partial charge in [-0.3, -0.25) is 0 Å². The first-order chi connectivity index (χ1) is 32.5. The molecular formula is C64H55NSi. The van der Waals surface area contributed by atoms with E-state index in [9.17, 15) is 0 Å². The minimum Gasteiger partial charge on any atom is -0.310 e. The Labute approximate surface area is 392 Å². The molecule has 0 N–H and O–H groups in total. The summed E-state index contributed by atoms with van der Waals surface area (Å²) in [7, 11) is -2.73. The van der Waals surface area contributed by atoms with Gasteiger partial charge in [-0.1, -0.05) is 208 Å². The molecule has 2 saturated carbocycles. The van der Waals surface area contributed by atoms with Crippen LogP contribution in [0.1, 0.15) is 62.1 Å². The van der Waals surface area contributed by atoms with Crippen molar-refractivity contribution in [2.75, 3.05) is 4.90 Å². The molecule has 0 aliphatic heterocycles. The van der Waals surface area contributed by atoms with E-state index in [-0.39, 0.29) is 5.41 Å². The van der Waals surface area contributed by atoms with Gasteiger partial charge in [-0.05, 0) is 145 Å². The lowest BCUT2D eigenvalue weighted by Crippen LogP contribution is -2.74. The molecule has 9 aromatic rings. The van der Waals surface area contributed by atoms with Crippen LogP contribution in [0, 0.1) is 11.8 Å². The van der Waals surface area contributed by atoms with Crippen molar-refractivity contribution in [1.29, 1.82) is 0 Å². The van der Waals surface area contributed by atoms with Gasteiger partial charge < -0.3 is 4.90 Å².